The van der Waals surface area contributed by atoms with Crippen molar-refractivity contribution in [2.75, 3.05) is 6.61 Å². The zero-order chi connectivity index (χ0) is 22.9. The van der Waals surface area contributed by atoms with Gasteiger partial charge in [-0.05, 0) is 59.7 Å². The van der Waals surface area contributed by atoms with Crippen LogP contribution in [-0.2, 0) is 6.42 Å². The van der Waals surface area contributed by atoms with Gasteiger partial charge in [0.2, 0.25) is 0 Å². The molecule has 3 nitrogen and oxygen atoms in total. The van der Waals surface area contributed by atoms with Gasteiger partial charge in [0.1, 0.15) is 11.5 Å². The van der Waals surface area contributed by atoms with Gasteiger partial charge in [0.25, 0.3) is 0 Å². The first-order valence-corrected chi connectivity index (χ1v) is 11.7. The number of esters is 1. The number of carbonyl (C=O) groups excluding carboxylic acids is 1. The largest absolute Gasteiger partial charge is 0.492 e. The summed E-state index contributed by atoms with van der Waals surface area (Å²) in [6.45, 7) is 7.21. The fraction of sp³-hybridized carbons (Fsp3) is 0.321. The number of hydrogen-bond acceptors (Lipinski definition) is 3. The van der Waals surface area contributed by atoms with Crippen molar-refractivity contribution in [3.8, 4) is 22.6 Å². The van der Waals surface area contributed by atoms with Crippen LogP contribution >= 0.6 is 11.6 Å². The zero-order valence-electron chi connectivity index (χ0n) is 19.1. The van der Waals surface area contributed by atoms with E-state index in [4.69, 9.17) is 21.1 Å². The quantitative estimate of drug-likeness (QED) is 0.178. The number of benzene rings is 3. The third-order valence-corrected chi connectivity index (χ3v) is 5.85. The van der Waals surface area contributed by atoms with Crippen LogP contribution in [0.15, 0.2) is 66.7 Å². The minimum Gasteiger partial charge on any atom is -0.492 e. The zero-order valence-corrected chi connectivity index (χ0v) is 19.8. The fourth-order valence-electron chi connectivity index (χ4n) is 3.33. The van der Waals surface area contributed by atoms with Gasteiger partial charge in [-0.2, -0.15) is 0 Å². The van der Waals surface area contributed by atoms with Crippen LogP contribution in [0.2, 0.25) is 5.02 Å². The highest BCUT2D eigenvalue weighted by Crippen LogP contribution is 2.29. The molecule has 0 aliphatic rings. The molecule has 0 spiro atoms. The summed E-state index contributed by atoms with van der Waals surface area (Å²) in [5.74, 6) is 1.25. The molecular weight excluding hydrogens is 420 g/mol. The molecule has 0 fully saturated rings. The van der Waals surface area contributed by atoms with E-state index in [0.29, 0.717) is 34.6 Å². The topological polar surface area (TPSA) is 35.5 Å². The van der Waals surface area contributed by atoms with Gasteiger partial charge in [0.15, 0.2) is 0 Å². The van der Waals surface area contributed by atoms with Crippen molar-refractivity contribution in [3.05, 3.63) is 82.9 Å². The monoisotopic (exact) mass is 450 g/mol. The van der Waals surface area contributed by atoms with Gasteiger partial charge in [-0.15, -0.1) is 0 Å². The van der Waals surface area contributed by atoms with E-state index in [-0.39, 0.29) is 0 Å². The van der Waals surface area contributed by atoms with Crippen LogP contribution in [0.4, 0.5) is 0 Å². The fourth-order valence-corrected chi connectivity index (χ4v) is 3.56. The molecule has 0 saturated carbocycles. The van der Waals surface area contributed by atoms with Crippen molar-refractivity contribution in [2.24, 2.45) is 5.92 Å². The highest BCUT2D eigenvalue weighted by atomic mass is 35.5. The minimum atomic E-state index is -0.420. The van der Waals surface area contributed by atoms with Crippen LogP contribution in [0.5, 0.6) is 11.5 Å². The molecule has 0 amide bonds. The van der Waals surface area contributed by atoms with Crippen molar-refractivity contribution < 1.29 is 14.3 Å². The minimum absolute atomic E-state index is 0.392. The van der Waals surface area contributed by atoms with E-state index in [2.05, 4.69) is 45.0 Å². The highest BCUT2D eigenvalue weighted by molar-refractivity contribution is 6.32. The molecule has 1 atom stereocenters. The van der Waals surface area contributed by atoms with Crippen molar-refractivity contribution in [2.45, 2.75) is 46.5 Å². The van der Waals surface area contributed by atoms with Crippen molar-refractivity contribution in [1.82, 2.24) is 0 Å². The van der Waals surface area contributed by atoms with Crippen LogP contribution in [0, 0.1) is 5.92 Å². The van der Waals surface area contributed by atoms with Crippen molar-refractivity contribution >= 4 is 17.6 Å². The van der Waals surface area contributed by atoms with Gasteiger partial charge in [0.05, 0.1) is 17.2 Å². The van der Waals surface area contributed by atoms with Gasteiger partial charge in [-0.25, -0.2) is 4.79 Å². The number of unbranched alkanes of at least 4 members (excludes halogenated alkanes) is 1. The summed E-state index contributed by atoms with van der Waals surface area (Å²) in [6, 6.07) is 21.1. The second kappa shape index (κ2) is 11.7. The molecular formula is C28H31ClO3. The summed E-state index contributed by atoms with van der Waals surface area (Å²) in [6.07, 6.45) is 4.29. The van der Waals surface area contributed by atoms with Gasteiger partial charge >= 0.3 is 5.97 Å². The van der Waals surface area contributed by atoms with E-state index in [1.54, 1.807) is 30.3 Å². The maximum atomic E-state index is 12.5. The first kappa shape index (κ1) is 23.9. The lowest BCUT2D eigenvalue weighted by Crippen LogP contribution is -2.08. The van der Waals surface area contributed by atoms with Gasteiger partial charge < -0.3 is 9.47 Å². The lowest BCUT2D eigenvalue weighted by Gasteiger charge is -2.10. The molecule has 4 heteroatoms. The highest BCUT2D eigenvalue weighted by Gasteiger charge is 2.11. The lowest BCUT2D eigenvalue weighted by atomic mass is 9.96. The second-order valence-corrected chi connectivity index (χ2v) is 8.58. The third-order valence-electron chi connectivity index (χ3n) is 5.56. The predicted molar refractivity (Wildman–Crippen MR) is 132 cm³/mol. The number of ether oxygens (including phenoxy) is 2. The molecule has 0 aliphatic heterocycles. The SMILES string of the molecule is CCCCOc1ccc(OC(=O)c2ccc(-c3ccc(CC(C)CC)cc3)cc2)cc1Cl. The van der Waals surface area contributed by atoms with E-state index < -0.39 is 5.97 Å². The van der Waals surface area contributed by atoms with E-state index in [9.17, 15) is 4.79 Å². The van der Waals surface area contributed by atoms with Crippen LogP contribution in [0.1, 0.15) is 56.0 Å². The molecule has 168 valence electrons. The molecule has 0 saturated heterocycles. The van der Waals surface area contributed by atoms with Crippen molar-refractivity contribution in [1.29, 1.82) is 0 Å². The number of halogens is 1. The molecule has 0 bridgehead atoms. The van der Waals surface area contributed by atoms with Gasteiger partial charge in [0, 0.05) is 6.07 Å². The Hall–Kier alpha value is -2.78. The van der Waals surface area contributed by atoms with E-state index in [1.165, 1.54) is 12.0 Å². The molecule has 0 N–H and O–H groups in total. The maximum absolute atomic E-state index is 12.5. The lowest BCUT2D eigenvalue weighted by molar-refractivity contribution is 0.0734. The Morgan fingerprint density at radius 2 is 1.59 bits per heavy atom. The Labute approximate surface area is 196 Å². The number of carbonyl (C=O) groups is 1. The van der Waals surface area contributed by atoms with Crippen molar-refractivity contribution in [3.63, 3.8) is 0 Å². The Morgan fingerprint density at radius 3 is 2.19 bits per heavy atom. The summed E-state index contributed by atoms with van der Waals surface area (Å²) < 4.78 is 11.1. The molecule has 1 unspecified atom stereocenters. The van der Waals surface area contributed by atoms with Crippen LogP contribution < -0.4 is 9.47 Å². The Kier molecular flexibility index (Phi) is 8.75. The van der Waals surface area contributed by atoms with Gasteiger partial charge in [-0.3, -0.25) is 0 Å². The summed E-state index contributed by atoms with van der Waals surface area (Å²) in [7, 11) is 0. The molecule has 3 rings (SSSR count). The Morgan fingerprint density at radius 1 is 0.938 bits per heavy atom. The Bertz CT molecular complexity index is 1010. The first-order chi connectivity index (χ1) is 15.5. The summed E-state index contributed by atoms with van der Waals surface area (Å²) >= 11 is 6.26. The Balaban J connectivity index is 1.62. The third kappa shape index (κ3) is 6.61. The van der Waals surface area contributed by atoms with Crippen LogP contribution in [-0.4, -0.2) is 12.6 Å². The summed E-state index contributed by atoms with van der Waals surface area (Å²) in [5, 5.41) is 0.429. The number of hydrogen-bond donors (Lipinski definition) is 0. The molecule has 0 aliphatic carbocycles. The predicted octanol–water partition coefficient (Wildman–Crippen LogP) is 7.99. The second-order valence-electron chi connectivity index (χ2n) is 8.18. The standard InChI is InChI=1S/C28H31ClO3/c1-4-6-17-31-27-16-15-25(19-26(27)29)32-28(30)24-13-11-23(12-14-24)22-9-7-21(8-10-22)18-20(3)5-2/h7-16,19-20H,4-6,17-18H2,1-3H3. The van der Waals surface area contributed by atoms with E-state index >= 15 is 0 Å². The molecule has 3 aromatic rings. The van der Waals surface area contributed by atoms with E-state index in [1.807, 2.05) is 12.1 Å². The van der Waals surface area contributed by atoms with Gasteiger partial charge in [-0.1, -0.05) is 81.6 Å². The average molecular weight is 451 g/mol. The molecule has 0 radical (unpaired) electrons. The maximum Gasteiger partial charge on any atom is 0.343 e. The van der Waals surface area contributed by atoms with Crippen LogP contribution in [0.25, 0.3) is 11.1 Å². The molecule has 0 heterocycles. The smallest absolute Gasteiger partial charge is 0.343 e. The molecule has 0 aromatic heterocycles. The average Bonchev–Trinajstić information content (AvgIpc) is 2.81. The summed E-state index contributed by atoms with van der Waals surface area (Å²) in [4.78, 5) is 12.5. The molecule has 32 heavy (non-hydrogen) atoms. The molecule has 3 aromatic carbocycles. The number of rotatable bonds is 10. The van der Waals surface area contributed by atoms with Crippen LogP contribution in [0.3, 0.4) is 0 Å². The first-order valence-electron chi connectivity index (χ1n) is 11.3. The summed E-state index contributed by atoms with van der Waals surface area (Å²) in [5.41, 5.74) is 4.03. The van der Waals surface area contributed by atoms with E-state index in [0.717, 1.165) is 30.4 Å². The normalized spacial score (nSPS) is 11.8.